The SMILES string of the molecule is CCNc1ncnc(NC2CCCC2C)c1C(C)C. The van der Waals surface area contributed by atoms with Crippen LogP contribution in [0.15, 0.2) is 6.33 Å². The molecule has 0 aliphatic heterocycles. The van der Waals surface area contributed by atoms with Gasteiger partial charge in [0.05, 0.1) is 0 Å². The van der Waals surface area contributed by atoms with Crippen molar-refractivity contribution in [2.75, 3.05) is 17.2 Å². The van der Waals surface area contributed by atoms with Gasteiger partial charge in [-0.2, -0.15) is 0 Å². The highest BCUT2D eigenvalue weighted by Crippen LogP contribution is 2.32. The van der Waals surface area contributed by atoms with Gasteiger partial charge in [-0.15, -0.1) is 0 Å². The van der Waals surface area contributed by atoms with E-state index >= 15 is 0 Å². The Morgan fingerprint density at radius 2 is 2.00 bits per heavy atom. The Morgan fingerprint density at radius 3 is 2.58 bits per heavy atom. The first-order valence-corrected chi connectivity index (χ1v) is 7.48. The molecule has 1 aliphatic carbocycles. The van der Waals surface area contributed by atoms with Gasteiger partial charge < -0.3 is 10.6 Å². The molecule has 1 fully saturated rings. The Kier molecular flexibility index (Phi) is 4.61. The lowest BCUT2D eigenvalue weighted by Gasteiger charge is -2.22. The van der Waals surface area contributed by atoms with Gasteiger partial charge in [0.2, 0.25) is 0 Å². The number of rotatable bonds is 5. The molecular formula is C15H26N4. The Labute approximate surface area is 116 Å². The zero-order valence-electron chi connectivity index (χ0n) is 12.5. The Morgan fingerprint density at radius 1 is 1.26 bits per heavy atom. The van der Waals surface area contributed by atoms with E-state index < -0.39 is 0 Å². The third kappa shape index (κ3) is 3.17. The summed E-state index contributed by atoms with van der Waals surface area (Å²) in [5, 5.41) is 6.99. The van der Waals surface area contributed by atoms with Crippen LogP contribution in [0, 0.1) is 5.92 Å². The molecule has 19 heavy (non-hydrogen) atoms. The molecule has 2 N–H and O–H groups in total. The van der Waals surface area contributed by atoms with Crippen molar-refractivity contribution in [1.29, 1.82) is 0 Å². The maximum absolute atomic E-state index is 4.48. The average Bonchev–Trinajstić information content (AvgIpc) is 2.75. The molecule has 106 valence electrons. The number of aromatic nitrogens is 2. The quantitative estimate of drug-likeness (QED) is 0.850. The topological polar surface area (TPSA) is 49.8 Å². The predicted octanol–water partition coefficient (Wildman–Crippen LogP) is 3.63. The molecule has 2 rings (SSSR count). The molecule has 0 saturated heterocycles. The van der Waals surface area contributed by atoms with E-state index in [1.165, 1.54) is 24.8 Å². The fraction of sp³-hybridized carbons (Fsp3) is 0.733. The van der Waals surface area contributed by atoms with E-state index in [0.29, 0.717) is 12.0 Å². The molecule has 0 aromatic carbocycles. The number of anilines is 2. The van der Waals surface area contributed by atoms with Gasteiger partial charge in [-0.1, -0.05) is 27.2 Å². The summed E-state index contributed by atoms with van der Waals surface area (Å²) in [7, 11) is 0. The fourth-order valence-electron chi connectivity index (χ4n) is 2.90. The van der Waals surface area contributed by atoms with Crippen molar-refractivity contribution in [2.45, 2.75) is 58.9 Å². The Hall–Kier alpha value is -1.32. The molecule has 1 heterocycles. The second-order valence-electron chi connectivity index (χ2n) is 5.83. The summed E-state index contributed by atoms with van der Waals surface area (Å²) in [5.41, 5.74) is 1.21. The van der Waals surface area contributed by atoms with Crippen molar-refractivity contribution in [3.8, 4) is 0 Å². The zero-order valence-corrected chi connectivity index (χ0v) is 12.5. The molecule has 1 aromatic heterocycles. The standard InChI is InChI=1S/C15H26N4/c1-5-16-14-13(10(2)3)15(18-9-17-14)19-12-8-6-7-11(12)4/h9-12H,5-8H2,1-4H3,(H2,16,17,18,19). The molecule has 0 radical (unpaired) electrons. The smallest absolute Gasteiger partial charge is 0.135 e. The molecule has 0 spiro atoms. The highest BCUT2D eigenvalue weighted by molar-refractivity contribution is 5.59. The maximum Gasteiger partial charge on any atom is 0.135 e. The van der Waals surface area contributed by atoms with Crippen LogP contribution in [0.1, 0.15) is 58.4 Å². The van der Waals surface area contributed by atoms with E-state index in [1.54, 1.807) is 6.33 Å². The second-order valence-corrected chi connectivity index (χ2v) is 5.83. The molecule has 1 aliphatic rings. The second kappa shape index (κ2) is 6.22. The van der Waals surface area contributed by atoms with E-state index in [9.17, 15) is 0 Å². The summed E-state index contributed by atoms with van der Waals surface area (Å²) in [6, 6.07) is 0.557. The predicted molar refractivity (Wildman–Crippen MR) is 80.7 cm³/mol. The van der Waals surface area contributed by atoms with Crippen molar-refractivity contribution < 1.29 is 0 Å². The van der Waals surface area contributed by atoms with Crippen molar-refractivity contribution in [3.05, 3.63) is 11.9 Å². The monoisotopic (exact) mass is 262 g/mol. The lowest BCUT2D eigenvalue weighted by atomic mass is 10.0. The first-order valence-electron chi connectivity index (χ1n) is 7.48. The van der Waals surface area contributed by atoms with E-state index in [1.807, 2.05) is 0 Å². The Balaban J connectivity index is 2.25. The van der Waals surface area contributed by atoms with Gasteiger partial charge in [0.25, 0.3) is 0 Å². The molecule has 4 heteroatoms. The van der Waals surface area contributed by atoms with Gasteiger partial charge in [-0.25, -0.2) is 9.97 Å². The van der Waals surface area contributed by atoms with Crippen LogP contribution in [0.5, 0.6) is 0 Å². The molecule has 2 unspecified atom stereocenters. The number of hydrogen-bond acceptors (Lipinski definition) is 4. The normalized spacial score (nSPS) is 22.8. The van der Waals surface area contributed by atoms with Crippen LogP contribution >= 0.6 is 0 Å². The van der Waals surface area contributed by atoms with Crippen molar-refractivity contribution in [2.24, 2.45) is 5.92 Å². The van der Waals surface area contributed by atoms with Crippen molar-refractivity contribution in [1.82, 2.24) is 9.97 Å². The minimum Gasteiger partial charge on any atom is -0.370 e. The minimum absolute atomic E-state index is 0.412. The largest absolute Gasteiger partial charge is 0.370 e. The molecular weight excluding hydrogens is 236 g/mol. The molecule has 2 atom stereocenters. The van der Waals surface area contributed by atoms with Gasteiger partial charge in [-0.3, -0.25) is 0 Å². The summed E-state index contributed by atoms with van der Waals surface area (Å²) in [6.45, 7) is 9.70. The van der Waals surface area contributed by atoms with Crippen LogP contribution in [0.4, 0.5) is 11.6 Å². The molecule has 1 saturated carbocycles. The highest BCUT2D eigenvalue weighted by Gasteiger charge is 2.25. The van der Waals surface area contributed by atoms with Crippen LogP contribution in [-0.4, -0.2) is 22.6 Å². The fourth-order valence-corrected chi connectivity index (χ4v) is 2.90. The first kappa shape index (κ1) is 14.1. The zero-order chi connectivity index (χ0) is 13.8. The van der Waals surface area contributed by atoms with Crippen molar-refractivity contribution >= 4 is 11.6 Å². The van der Waals surface area contributed by atoms with Gasteiger partial charge in [0.15, 0.2) is 0 Å². The van der Waals surface area contributed by atoms with Crippen LogP contribution in [0.25, 0.3) is 0 Å². The van der Waals surface area contributed by atoms with E-state index in [4.69, 9.17) is 0 Å². The Bertz CT molecular complexity index is 417. The molecule has 4 nitrogen and oxygen atoms in total. The molecule has 1 aromatic rings. The maximum atomic E-state index is 4.48. The van der Waals surface area contributed by atoms with Gasteiger partial charge in [0.1, 0.15) is 18.0 Å². The third-order valence-electron chi connectivity index (χ3n) is 3.99. The van der Waals surface area contributed by atoms with Crippen LogP contribution in [0.2, 0.25) is 0 Å². The minimum atomic E-state index is 0.412. The lowest BCUT2D eigenvalue weighted by Crippen LogP contribution is -2.24. The van der Waals surface area contributed by atoms with E-state index in [2.05, 4.69) is 48.3 Å². The highest BCUT2D eigenvalue weighted by atomic mass is 15.1. The van der Waals surface area contributed by atoms with Gasteiger partial charge >= 0.3 is 0 Å². The number of nitrogens with one attached hydrogen (secondary N) is 2. The summed E-state index contributed by atoms with van der Waals surface area (Å²) < 4.78 is 0. The van der Waals surface area contributed by atoms with Gasteiger partial charge in [0, 0.05) is 18.2 Å². The van der Waals surface area contributed by atoms with E-state index in [0.717, 1.165) is 24.1 Å². The van der Waals surface area contributed by atoms with Gasteiger partial charge in [-0.05, 0) is 31.6 Å². The number of hydrogen-bond donors (Lipinski definition) is 2. The first-order chi connectivity index (χ1) is 9.13. The number of nitrogens with zero attached hydrogens (tertiary/aromatic N) is 2. The molecule has 0 amide bonds. The lowest BCUT2D eigenvalue weighted by molar-refractivity contribution is 0.553. The summed E-state index contributed by atoms with van der Waals surface area (Å²) >= 11 is 0. The average molecular weight is 262 g/mol. The van der Waals surface area contributed by atoms with E-state index in [-0.39, 0.29) is 0 Å². The molecule has 0 bridgehead atoms. The third-order valence-corrected chi connectivity index (χ3v) is 3.99. The summed E-state index contributed by atoms with van der Waals surface area (Å²) in [4.78, 5) is 8.86. The van der Waals surface area contributed by atoms with Crippen LogP contribution < -0.4 is 10.6 Å². The van der Waals surface area contributed by atoms with Crippen LogP contribution in [0.3, 0.4) is 0 Å². The van der Waals surface area contributed by atoms with Crippen molar-refractivity contribution in [3.63, 3.8) is 0 Å². The van der Waals surface area contributed by atoms with Crippen LogP contribution in [-0.2, 0) is 0 Å². The summed E-state index contributed by atoms with van der Waals surface area (Å²) in [6.07, 6.45) is 5.55. The summed E-state index contributed by atoms with van der Waals surface area (Å²) in [5.74, 6) is 3.13.